The zero-order valence-electron chi connectivity index (χ0n) is 15.9. The third-order valence-corrected chi connectivity index (χ3v) is 6.74. The van der Waals surface area contributed by atoms with Gasteiger partial charge in [-0.2, -0.15) is 0 Å². The van der Waals surface area contributed by atoms with E-state index in [4.69, 9.17) is 4.52 Å². The van der Waals surface area contributed by atoms with Gasteiger partial charge in [-0.05, 0) is 48.9 Å². The second-order valence-electron chi connectivity index (χ2n) is 7.75. The van der Waals surface area contributed by atoms with E-state index in [1.54, 1.807) is 11.3 Å². The smallest absolute Gasteiger partial charge is 0.235 e. The predicted octanol–water partition coefficient (Wildman–Crippen LogP) is 4.09. The molecule has 3 heterocycles. The minimum Gasteiger partial charge on any atom is -0.368 e. The lowest BCUT2D eigenvalue weighted by Crippen LogP contribution is -2.51. The van der Waals surface area contributed by atoms with Crippen molar-refractivity contribution in [2.24, 2.45) is 0 Å². The van der Waals surface area contributed by atoms with Gasteiger partial charge in [0.25, 0.3) is 0 Å². The zero-order valence-corrected chi connectivity index (χ0v) is 16.7. The van der Waals surface area contributed by atoms with Gasteiger partial charge in [0.05, 0.1) is 16.0 Å². The predicted molar refractivity (Wildman–Crippen MR) is 111 cm³/mol. The molecule has 2 aliphatic rings. The van der Waals surface area contributed by atoms with Crippen LogP contribution in [0.15, 0.2) is 52.4 Å². The number of thiophene rings is 1. The van der Waals surface area contributed by atoms with Gasteiger partial charge in [0, 0.05) is 37.9 Å². The summed E-state index contributed by atoms with van der Waals surface area (Å²) in [6.45, 7) is 5.35. The standard InChI is InChI=1S/C22H23N3O2S/c1-16-4-2-5-17(14-16)24-9-11-25(12-10-24)21(26)22(7-8-22)20-15-18(27-23-20)19-6-3-13-28-19/h2-6,13-15H,7-12H2,1H3. The molecule has 0 bridgehead atoms. The van der Waals surface area contributed by atoms with E-state index in [2.05, 4.69) is 41.2 Å². The lowest BCUT2D eigenvalue weighted by Gasteiger charge is -2.37. The molecule has 144 valence electrons. The first kappa shape index (κ1) is 17.5. The fourth-order valence-electron chi connectivity index (χ4n) is 4.04. The van der Waals surface area contributed by atoms with Gasteiger partial charge in [-0.15, -0.1) is 11.3 Å². The van der Waals surface area contributed by atoms with Gasteiger partial charge >= 0.3 is 0 Å². The van der Waals surface area contributed by atoms with Crippen LogP contribution >= 0.6 is 11.3 Å². The largest absolute Gasteiger partial charge is 0.368 e. The van der Waals surface area contributed by atoms with Crippen LogP contribution in [0.1, 0.15) is 24.1 Å². The van der Waals surface area contributed by atoms with Crippen LogP contribution < -0.4 is 4.90 Å². The van der Waals surface area contributed by atoms with Crippen LogP contribution in [0.5, 0.6) is 0 Å². The number of benzene rings is 1. The maximum Gasteiger partial charge on any atom is 0.235 e. The summed E-state index contributed by atoms with van der Waals surface area (Å²) in [7, 11) is 0. The Bertz CT molecular complexity index is 983. The molecule has 1 amide bonds. The summed E-state index contributed by atoms with van der Waals surface area (Å²) in [4.78, 5) is 18.7. The highest BCUT2D eigenvalue weighted by Crippen LogP contribution is 2.50. The normalized spacial score (nSPS) is 18.3. The Kier molecular flexibility index (Phi) is 4.23. The molecule has 5 rings (SSSR count). The van der Waals surface area contributed by atoms with Gasteiger partial charge in [-0.25, -0.2) is 0 Å². The number of piperazine rings is 1. The van der Waals surface area contributed by atoms with Crippen molar-refractivity contribution >= 4 is 22.9 Å². The Morgan fingerprint density at radius 1 is 1.11 bits per heavy atom. The van der Waals surface area contributed by atoms with Crippen LogP contribution in [0.25, 0.3) is 10.6 Å². The molecule has 6 heteroatoms. The molecule has 0 N–H and O–H groups in total. The fraction of sp³-hybridized carbons (Fsp3) is 0.364. The molecule has 2 fully saturated rings. The average molecular weight is 394 g/mol. The van der Waals surface area contributed by atoms with E-state index in [9.17, 15) is 4.79 Å². The monoisotopic (exact) mass is 393 g/mol. The Balaban J connectivity index is 1.28. The third kappa shape index (κ3) is 3.02. The van der Waals surface area contributed by atoms with Crippen molar-refractivity contribution in [3.63, 3.8) is 0 Å². The van der Waals surface area contributed by atoms with Crippen molar-refractivity contribution in [3.8, 4) is 10.6 Å². The van der Waals surface area contributed by atoms with E-state index in [1.807, 2.05) is 28.5 Å². The molecular weight excluding hydrogens is 370 g/mol. The first-order valence-electron chi connectivity index (χ1n) is 9.78. The number of nitrogens with zero attached hydrogens (tertiary/aromatic N) is 3. The van der Waals surface area contributed by atoms with E-state index in [0.29, 0.717) is 0 Å². The highest BCUT2D eigenvalue weighted by molar-refractivity contribution is 7.13. The molecule has 1 aliphatic carbocycles. The molecule has 2 aromatic heterocycles. The quantitative estimate of drug-likeness (QED) is 0.670. The number of amides is 1. The molecular formula is C22H23N3O2S. The Hall–Kier alpha value is -2.60. The van der Waals surface area contributed by atoms with Gasteiger partial charge in [0.15, 0.2) is 5.76 Å². The maximum absolute atomic E-state index is 13.3. The molecule has 3 aromatic rings. The minimum atomic E-state index is -0.468. The Labute approximate surface area is 168 Å². The number of hydrogen-bond donors (Lipinski definition) is 0. The second kappa shape index (κ2) is 6.78. The molecule has 1 aliphatic heterocycles. The molecule has 1 saturated carbocycles. The van der Waals surface area contributed by atoms with Crippen LogP contribution in [0.4, 0.5) is 5.69 Å². The van der Waals surface area contributed by atoms with E-state index in [-0.39, 0.29) is 5.91 Å². The first-order valence-corrected chi connectivity index (χ1v) is 10.7. The minimum absolute atomic E-state index is 0.211. The number of anilines is 1. The summed E-state index contributed by atoms with van der Waals surface area (Å²) in [6.07, 6.45) is 1.72. The van der Waals surface area contributed by atoms with Crippen molar-refractivity contribution in [3.05, 3.63) is 59.1 Å². The number of rotatable bonds is 4. The molecule has 0 unspecified atom stereocenters. The van der Waals surface area contributed by atoms with E-state index in [0.717, 1.165) is 55.4 Å². The molecule has 28 heavy (non-hydrogen) atoms. The lowest BCUT2D eigenvalue weighted by molar-refractivity contribution is -0.134. The molecule has 1 aromatic carbocycles. The van der Waals surface area contributed by atoms with Crippen molar-refractivity contribution in [1.29, 1.82) is 0 Å². The van der Waals surface area contributed by atoms with Crippen LogP contribution in [0.3, 0.4) is 0 Å². The van der Waals surface area contributed by atoms with E-state index in [1.165, 1.54) is 11.3 Å². The van der Waals surface area contributed by atoms with Gasteiger partial charge < -0.3 is 14.3 Å². The Morgan fingerprint density at radius 3 is 2.61 bits per heavy atom. The number of carbonyl (C=O) groups excluding carboxylic acids is 1. The van der Waals surface area contributed by atoms with Crippen molar-refractivity contribution in [2.75, 3.05) is 31.1 Å². The molecule has 1 saturated heterocycles. The first-order chi connectivity index (χ1) is 13.7. The summed E-state index contributed by atoms with van der Waals surface area (Å²) in [5.41, 5.74) is 2.83. The number of hydrogen-bond acceptors (Lipinski definition) is 5. The maximum atomic E-state index is 13.3. The summed E-state index contributed by atoms with van der Waals surface area (Å²) in [5.74, 6) is 0.968. The second-order valence-corrected chi connectivity index (χ2v) is 8.70. The Morgan fingerprint density at radius 2 is 1.93 bits per heavy atom. The average Bonchev–Trinajstić information content (AvgIpc) is 3.12. The molecule has 0 radical (unpaired) electrons. The number of aryl methyl sites for hydroxylation is 1. The SMILES string of the molecule is Cc1cccc(N2CCN(C(=O)C3(c4cc(-c5cccs5)on4)CC3)CC2)c1. The van der Waals surface area contributed by atoms with Gasteiger partial charge in [0.2, 0.25) is 5.91 Å². The van der Waals surface area contributed by atoms with Gasteiger partial charge in [0.1, 0.15) is 0 Å². The van der Waals surface area contributed by atoms with Crippen molar-refractivity contribution in [2.45, 2.75) is 25.2 Å². The van der Waals surface area contributed by atoms with Gasteiger partial charge in [-0.3, -0.25) is 4.79 Å². The van der Waals surface area contributed by atoms with Crippen molar-refractivity contribution in [1.82, 2.24) is 10.1 Å². The summed E-state index contributed by atoms with van der Waals surface area (Å²) >= 11 is 1.62. The third-order valence-electron chi connectivity index (χ3n) is 5.86. The zero-order chi connectivity index (χ0) is 19.1. The molecule has 0 atom stereocenters. The summed E-state index contributed by atoms with van der Waals surface area (Å²) < 4.78 is 5.54. The lowest BCUT2D eigenvalue weighted by atomic mass is 9.99. The topological polar surface area (TPSA) is 49.6 Å². The number of carbonyl (C=O) groups is 1. The highest BCUT2D eigenvalue weighted by Gasteiger charge is 2.55. The molecule has 5 nitrogen and oxygen atoms in total. The van der Waals surface area contributed by atoms with Crippen LogP contribution in [-0.2, 0) is 10.2 Å². The highest BCUT2D eigenvalue weighted by atomic mass is 32.1. The summed E-state index contributed by atoms with van der Waals surface area (Å²) in [6, 6.07) is 14.5. The summed E-state index contributed by atoms with van der Waals surface area (Å²) in [5, 5.41) is 6.29. The van der Waals surface area contributed by atoms with Crippen molar-refractivity contribution < 1.29 is 9.32 Å². The van der Waals surface area contributed by atoms with Gasteiger partial charge in [-0.1, -0.05) is 23.4 Å². The number of aromatic nitrogens is 1. The van der Waals surface area contributed by atoms with Crippen LogP contribution in [-0.4, -0.2) is 42.1 Å². The van der Waals surface area contributed by atoms with E-state index < -0.39 is 5.41 Å². The van der Waals surface area contributed by atoms with E-state index >= 15 is 0 Å². The van der Waals surface area contributed by atoms with Crippen LogP contribution in [0.2, 0.25) is 0 Å². The molecule has 0 spiro atoms. The fourth-order valence-corrected chi connectivity index (χ4v) is 4.71. The van der Waals surface area contributed by atoms with Crippen LogP contribution in [0, 0.1) is 6.92 Å².